The molecule has 0 aromatic rings. The minimum Gasteiger partial charge on any atom is 0 e. The van der Waals surface area contributed by atoms with Gasteiger partial charge in [0.1, 0.15) is 0 Å². The zero-order valence-electron chi connectivity index (χ0n) is 5.47. The molecule has 0 amide bonds. The molecule has 1 fully saturated rings. The zero-order valence-corrected chi connectivity index (χ0v) is 11.2. The molecule has 0 aliphatic carbocycles. The number of likely N-dealkylation sites (tertiary alicyclic amines) is 1. The Labute approximate surface area is 92.9 Å². The molecule has 0 N–H and O–H groups in total. The second-order valence-electron chi connectivity index (χ2n) is 2.14. The van der Waals surface area contributed by atoms with Crippen LogP contribution in [0.4, 0.5) is 0 Å². The third kappa shape index (κ3) is 4.14. The van der Waals surface area contributed by atoms with Gasteiger partial charge in [0.25, 0.3) is 0 Å². The molecule has 0 aromatic heterocycles. The van der Waals surface area contributed by atoms with Gasteiger partial charge in [-0.2, -0.15) is 0 Å². The van der Waals surface area contributed by atoms with Crippen molar-refractivity contribution < 1.29 is 52.1 Å². The molecule has 0 saturated carbocycles. The maximum absolute atomic E-state index is 3.22. The Kier molecular flexibility index (Phi) is 7.48. The molecule has 1 saturated heterocycles. The van der Waals surface area contributed by atoms with Gasteiger partial charge in [-0.25, -0.2) is 0 Å². The molecule has 1 radical (unpaired) electrons. The summed E-state index contributed by atoms with van der Waals surface area (Å²) in [6, 6.07) is 0. The van der Waals surface area contributed by atoms with E-state index in [-0.39, 0.29) is 32.7 Å². The maximum atomic E-state index is 3.22. The van der Waals surface area contributed by atoms with Crippen molar-refractivity contribution in [2.45, 2.75) is 19.3 Å². The quantitative estimate of drug-likeness (QED) is 0.614. The van der Waals surface area contributed by atoms with Gasteiger partial charge in [0.2, 0.25) is 0 Å². The number of hydrogen-bond acceptors (Lipinski definition) is 1. The second kappa shape index (κ2) is 6.34. The van der Waals surface area contributed by atoms with Gasteiger partial charge in [-0.15, -0.1) is 0 Å². The van der Waals surface area contributed by atoms with Crippen LogP contribution in [0, 0.1) is 0 Å². The van der Waals surface area contributed by atoms with E-state index in [1.807, 2.05) is 0 Å². The Balaban J connectivity index is 0.000000640. The van der Waals surface area contributed by atoms with E-state index in [2.05, 4.69) is 9.42 Å². The summed E-state index contributed by atoms with van der Waals surface area (Å²) in [4.78, 5) is 2.30. The predicted molar refractivity (Wildman–Crippen MR) is 30.4 cm³/mol. The van der Waals surface area contributed by atoms with E-state index in [1.165, 1.54) is 51.7 Å². The van der Waals surface area contributed by atoms with E-state index in [0.29, 0.717) is 0 Å². The molecule has 3 heteroatoms. The van der Waals surface area contributed by atoms with Crippen LogP contribution in [0.3, 0.4) is 0 Å². The molecule has 1 heterocycles. The number of piperidine rings is 1. The van der Waals surface area contributed by atoms with Gasteiger partial charge >= 0.3 is 61.1 Å². The Hall–Kier alpha value is 1.62. The SMILES string of the molecule is [W]=[C-]N1CCCCC1.[Y]. The molecule has 49 valence electrons. The van der Waals surface area contributed by atoms with Crippen LogP contribution in [0.1, 0.15) is 19.3 Å². The van der Waals surface area contributed by atoms with E-state index in [1.54, 1.807) is 0 Å². The summed E-state index contributed by atoms with van der Waals surface area (Å²) >= 11 is 1.46. The third-order valence-electron chi connectivity index (χ3n) is 1.49. The molecule has 1 rings (SSSR count). The number of hydrogen-bond donors (Lipinski definition) is 0. The summed E-state index contributed by atoms with van der Waals surface area (Å²) in [5.41, 5.74) is 0. The standard InChI is InChI=1S/C6H10N.W.Y/c1-7-5-3-2-4-6-7;;/h2-6H2;;/q-1;;. The summed E-state index contributed by atoms with van der Waals surface area (Å²) in [6.07, 6.45) is 4.17. The monoisotopic (exact) mass is 369 g/mol. The van der Waals surface area contributed by atoms with Gasteiger partial charge in [-0.3, -0.25) is 0 Å². The van der Waals surface area contributed by atoms with Crippen molar-refractivity contribution in [1.29, 1.82) is 0 Å². The normalized spacial score (nSPS) is 20.4. The molecule has 9 heavy (non-hydrogen) atoms. The molecule has 1 nitrogen and oxygen atoms in total. The van der Waals surface area contributed by atoms with E-state index in [9.17, 15) is 0 Å². The molecule has 1 aliphatic heterocycles. The summed E-state index contributed by atoms with van der Waals surface area (Å²) < 4.78 is 3.22. The van der Waals surface area contributed by atoms with E-state index >= 15 is 0 Å². The predicted octanol–water partition coefficient (Wildman–Crippen LogP) is 0.653. The number of nitrogens with zero attached hydrogens (tertiary/aromatic N) is 1. The van der Waals surface area contributed by atoms with Gasteiger partial charge in [0.05, 0.1) is 0 Å². The molecule has 0 bridgehead atoms. The van der Waals surface area contributed by atoms with Crippen molar-refractivity contribution in [2.24, 2.45) is 0 Å². The smallest absolute Gasteiger partial charge is 0 e. The zero-order chi connectivity index (χ0) is 5.82. The second-order valence-corrected chi connectivity index (χ2v) is 2.79. The maximum Gasteiger partial charge on any atom is 0 e. The molecule has 1 aliphatic rings. The fraction of sp³-hybridized carbons (Fsp3) is 0.833. The van der Waals surface area contributed by atoms with Crippen LogP contribution in [0.15, 0.2) is 0 Å². The van der Waals surface area contributed by atoms with Gasteiger partial charge in [0.15, 0.2) is 0 Å². The topological polar surface area (TPSA) is 3.24 Å². The van der Waals surface area contributed by atoms with Crippen molar-refractivity contribution in [3.63, 3.8) is 0 Å². The fourth-order valence-electron chi connectivity index (χ4n) is 0.985. The minimum atomic E-state index is 0. The summed E-state index contributed by atoms with van der Waals surface area (Å²) in [7, 11) is 0. The molecule has 0 unspecified atom stereocenters. The van der Waals surface area contributed by atoms with Gasteiger partial charge < -0.3 is 0 Å². The molecular weight excluding hydrogens is 359 g/mol. The van der Waals surface area contributed by atoms with Crippen LogP contribution >= 0.6 is 0 Å². The van der Waals surface area contributed by atoms with E-state index in [4.69, 9.17) is 0 Å². The molecular formula is C6H10NWY-. The Bertz CT molecular complexity index is 81.1. The van der Waals surface area contributed by atoms with Crippen molar-refractivity contribution in [3.8, 4) is 0 Å². The average Bonchev–Trinajstić information content (AvgIpc) is 1.90. The summed E-state index contributed by atoms with van der Waals surface area (Å²) in [5, 5.41) is 0. The first-order valence-electron chi connectivity index (χ1n) is 3.06. The van der Waals surface area contributed by atoms with Crippen LogP contribution < -0.4 is 0 Å². The van der Waals surface area contributed by atoms with Crippen molar-refractivity contribution in [2.75, 3.05) is 13.1 Å². The van der Waals surface area contributed by atoms with Crippen molar-refractivity contribution in [3.05, 3.63) is 0 Å². The van der Waals surface area contributed by atoms with E-state index in [0.717, 1.165) is 0 Å². The van der Waals surface area contributed by atoms with Crippen LogP contribution in [0.25, 0.3) is 0 Å². The van der Waals surface area contributed by atoms with Crippen LogP contribution in [0.2, 0.25) is 0 Å². The summed E-state index contributed by atoms with van der Waals surface area (Å²) in [5.74, 6) is 0. The van der Waals surface area contributed by atoms with Crippen LogP contribution in [-0.2, 0) is 52.1 Å². The first-order valence-corrected chi connectivity index (χ1v) is 4.53. The van der Waals surface area contributed by atoms with Gasteiger partial charge in [-0.05, 0) is 0 Å². The molecule has 0 spiro atoms. The summed E-state index contributed by atoms with van der Waals surface area (Å²) in [6.45, 7) is 2.51. The first-order chi connectivity index (χ1) is 3.93. The van der Waals surface area contributed by atoms with Gasteiger partial charge in [0, 0.05) is 32.7 Å². The van der Waals surface area contributed by atoms with Gasteiger partial charge in [-0.1, -0.05) is 0 Å². The first kappa shape index (κ1) is 10.6. The third-order valence-corrected chi connectivity index (χ3v) is 2.41. The molecule has 0 aromatic carbocycles. The minimum absolute atomic E-state index is 0. The Morgan fingerprint density at radius 2 is 1.67 bits per heavy atom. The largest absolute Gasteiger partial charge is 0 e. The van der Waals surface area contributed by atoms with Crippen LogP contribution in [0.5, 0.6) is 0 Å². The molecule has 0 atom stereocenters. The Morgan fingerprint density at radius 3 is 2.00 bits per heavy atom. The van der Waals surface area contributed by atoms with Crippen LogP contribution in [-0.4, -0.2) is 22.5 Å². The Morgan fingerprint density at radius 1 is 1.11 bits per heavy atom. The fourth-order valence-corrected chi connectivity index (χ4v) is 1.64. The van der Waals surface area contributed by atoms with Crippen molar-refractivity contribution >= 4 is 4.52 Å². The van der Waals surface area contributed by atoms with Crippen molar-refractivity contribution in [1.82, 2.24) is 4.90 Å². The van der Waals surface area contributed by atoms with E-state index < -0.39 is 0 Å². The average molecular weight is 369 g/mol. The number of rotatable bonds is 1.